The summed E-state index contributed by atoms with van der Waals surface area (Å²) >= 11 is 0. The summed E-state index contributed by atoms with van der Waals surface area (Å²) in [7, 11) is 0. The van der Waals surface area contributed by atoms with Gasteiger partial charge < -0.3 is 5.32 Å². The van der Waals surface area contributed by atoms with E-state index < -0.39 is 0 Å². The first-order chi connectivity index (χ1) is 14.0. The number of halogens is 1. The molecule has 4 rings (SSSR count). The monoisotopic (exact) mass is 385 g/mol. The Morgan fingerprint density at radius 2 is 1.66 bits per heavy atom. The second kappa shape index (κ2) is 7.72. The first-order valence-electron chi connectivity index (χ1n) is 9.31. The molecule has 3 aromatic carbocycles. The molecule has 1 heterocycles. The summed E-state index contributed by atoms with van der Waals surface area (Å²) in [6.07, 6.45) is 0. The molecule has 29 heavy (non-hydrogen) atoms. The van der Waals surface area contributed by atoms with Crippen molar-refractivity contribution < 1.29 is 9.18 Å². The predicted octanol–water partition coefficient (Wildman–Crippen LogP) is 5.55. The molecule has 0 aliphatic rings. The van der Waals surface area contributed by atoms with Crippen molar-refractivity contribution in [2.45, 2.75) is 13.8 Å². The fraction of sp³-hybridized carbons (Fsp3) is 0.0833. The molecule has 0 saturated carbocycles. The molecule has 0 atom stereocenters. The number of nitrogens with one attached hydrogen (secondary N) is 1. The summed E-state index contributed by atoms with van der Waals surface area (Å²) in [5, 5.41) is 7.55. The fourth-order valence-electron chi connectivity index (χ4n) is 3.15. The van der Waals surface area contributed by atoms with Crippen molar-refractivity contribution in [3.05, 3.63) is 102 Å². The molecule has 1 aromatic heterocycles. The summed E-state index contributed by atoms with van der Waals surface area (Å²) in [4.78, 5) is 13.1. The summed E-state index contributed by atoms with van der Waals surface area (Å²) in [6, 6.07) is 23.2. The van der Waals surface area contributed by atoms with Crippen molar-refractivity contribution in [2.75, 3.05) is 5.32 Å². The number of rotatable bonds is 4. The van der Waals surface area contributed by atoms with Gasteiger partial charge in [0.15, 0.2) is 0 Å². The molecule has 0 spiro atoms. The van der Waals surface area contributed by atoms with Crippen molar-refractivity contribution in [3.63, 3.8) is 0 Å². The minimum atomic E-state index is -0.352. The second-order valence-corrected chi connectivity index (χ2v) is 6.94. The molecule has 0 aliphatic carbocycles. The number of benzene rings is 3. The van der Waals surface area contributed by atoms with Crippen LogP contribution >= 0.6 is 0 Å². The third kappa shape index (κ3) is 3.94. The summed E-state index contributed by atoms with van der Waals surface area (Å²) < 4.78 is 14.8. The Labute approximate surface area is 168 Å². The van der Waals surface area contributed by atoms with E-state index in [-0.39, 0.29) is 11.7 Å². The van der Waals surface area contributed by atoms with E-state index in [2.05, 4.69) is 5.32 Å². The number of carbonyl (C=O) groups excluding carboxylic acids is 1. The first-order valence-corrected chi connectivity index (χ1v) is 9.31. The van der Waals surface area contributed by atoms with Gasteiger partial charge in [-0.1, -0.05) is 42.5 Å². The molecular formula is C24H20FN3O. The minimum Gasteiger partial charge on any atom is -0.321 e. The van der Waals surface area contributed by atoms with Crippen LogP contribution in [0.2, 0.25) is 0 Å². The van der Waals surface area contributed by atoms with E-state index in [9.17, 15) is 9.18 Å². The van der Waals surface area contributed by atoms with Gasteiger partial charge in [0.05, 0.1) is 11.4 Å². The molecule has 0 fully saturated rings. The van der Waals surface area contributed by atoms with Gasteiger partial charge in [0.2, 0.25) is 0 Å². The molecule has 144 valence electrons. The van der Waals surface area contributed by atoms with Crippen LogP contribution in [0.25, 0.3) is 16.9 Å². The molecule has 0 aliphatic heterocycles. The van der Waals surface area contributed by atoms with E-state index in [1.165, 1.54) is 24.3 Å². The topological polar surface area (TPSA) is 46.9 Å². The summed E-state index contributed by atoms with van der Waals surface area (Å²) in [5.74, 6) is -0.665. The molecule has 1 N–H and O–H groups in total. The third-order valence-electron chi connectivity index (χ3n) is 4.71. The largest absolute Gasteiger partial charge is 0.321 e. The SMILES string of the molecule is Cc1ccc(C)c(-n2nc(-c3ccccc3)cc2C(=O)Nc2ccc(F)cc2)c1. The molecule has 5 heteroatoms. The van der Waals surface area contributed by atoms with Crippen LogP contribution in [0.5, 0.6) is 0 Å². The highest BCUT2D eigenvalue weighted by atomic mass is 19.1. The van der Waals surface area contributed by atoms with E-state index >= 15 is 0 Å². The Morgan fingerprint density at radius 3 is 2.38 bits per heavy atom. The lowest BCUT2D eigenvalue weighted by Gasteiger charge is -2.11. The zero-order chi connectivity index (χ0) is 20.4. The number of aromatic nitrogens is 2. The highest BCUT2D eigenvalue weighted by Gasteiger charge is 2.19. The van der Waals surface area contributed by atoms with E-state index in [4.69, 9.17) is 5.10 Å². The van der Waals surface area contributed by atoms with Gasteiger partial charge in [-0.2, -0.15) is 5.10 Å². The van der Waals surface area contributed by atoms with Gasteiger partial charge in [0, 0.05) is 11.3 Å². The van der Waals surface area contributed by atoms with Gasteiger partial charge >= 0.3 is 0 Å². The standard InChI is InChI=1S/C24H20FN3O/c1-16-8-9-17(2)22(14-16)28-23(15-21(27-28)18-6-4-3-5-7-18)24(29)26-20-12-10-19(25)11-13-20/h3-15H,1-2H3,(H,26,29). The van der Waals surface area contributed by atoms with Crippen LogP contribution in [0, 0.1) is 19.7 Å². The molecule has 1 amide bonds. The Kier molecular flexibility index (Phi) is 4.96. The van der Waals surface area contributed by atoms with Gasteiger partial charge in [-0.15, -0.1) is 0 Å². The normalized spacial score (nSPS) is 10.7. The smallest absolute Gasteiger partial charge is 0.274 e. The van der Waals surface area contributed by atoms with Crippen LogP contribution in [-0.4, -0.2) is 15.7 Å². The summed E-state index contributed by atoms with van der Waals surface area (Å²) in [6.45, 7) is 3.99. The van der Waals surface area contributed by atoms with Gasteiger partial charge in [0.1, 0.15) is 11.5 Å². The fourth-order valence-corrected chi connectivity index (χ4v) is 3.15. The average molecular weight is 385 g/mol. The van der Waals surface area contributed by atoms with Crippen LogP contribution in [0.15, 0.2) is 78.9 Å². The summed E-state index contributed by atoms with van der Waals surface area (Å²) in [5.41, 5.74) is 5.48. The zero-order valence-electron chi connectivity index (χ0n) is 16.2. The number of carbonyl (C=O) groups is 1. The van der Waals surface area contributed by atoms with E-state index in [0.717, 1.165) is 22.4 Å². The van der Waals surface area contributed by atoms with Crippen LogP contribution < -0.4 is 5.32 Å². The maximum absolute atomic E-state index is 13.2. The van der Waals surface area contributed by atoms with Gasteiger partial charge in [-0.05, 0) is 61.4 Å². The molecule has 4 aromatic rings. The van der Waals surface area contributed by atoms with Crippen molar-refractivity contribution in [1.29, 1.82) is 0 Å². The quantitative estimate of drug-likeness (QED) is 0.501. The molecule has 0 unspecified atom stereocenters. The lowest BCUT2D eigenvalue weighted by Crippen LogP contribution is -2.17. The van der Waals surface area contributed by atoms with Crippen LogP contribution in [-0.2, 0) is 0 Å². The number of aryl methyl sites for hydroxylation is 2. The Morgan fingerprint density at radius 1 is 0.931 bits per heavy atom. The Hall–Kier alpha value is -3.73. The second-order valence-electron chi connectivity index (χ2n) is 6.94. The Bertz CT molecular complexity index is 1160. The van der Waals surface area contributed by atoms with Crippen LogP contribution in [0.4, 0.5) is 10.1 Å². The van der Waals surface area contributed by atoms with Gasteiger partial charge in [-0.3, -0.25) is 4.79 Å². The van der Waals surface area contributed by atoms with Crippen LogP contribution in [0.1, 0.15) is 21.6 Å². The molecular weight excluding hydrogens is 365 g/mol. The van der Waals surface area contributed by atoms with Gasteiger partial charge in [0.25, 0.3) is 5.91 Å². The molecule has 4 nitrogen and oxygen atoms in total. The van der Waals surface area contributed by atoms with Crippen molar-refractivity contribution in [1.82, 2.24) is 9.78 Å². The lowest BCUT2D eigenvalue weighted by atomic mass is 10.1. The average Bonchev–Trinajstić information content (AvgIpc) is 3.17. The minimum absolute atomic E-state index is 0.313. The van der Waals surface area contributed by atoms with Gasteiger partial charge in [-0.25, -0.2) is 9.07 Å². The van der Waals surface area contributed by atoms with Crippen molar-refractivity contribution >= 4 is 11.6 Å². The van der Waals surface area contributed by atoms with Crippen LogP contribution in [0.3, 0.4) is 0 Å². The number of nitrogens with zero attached hydrogens (tertiary/aromatic N) is 2. The lowest BCUT2D eigenvalue weighted by molar-refractivity contribution is 0.101. The molecule has 0 bridgehead atoms. The van der Waals surface area contributed by atoms with Crippen molar-refractivity contribution in [3.8, 4) is 16.9 Å². The maximum atomic E-state index is 13.2. The van der Waals surface area contributed by atoms with E-state index in [1.807, 2.05) is 62.4 Å². The third-order valence-corrected chi connectivity index (χ3v) is 4.71. The number of anilines is 1. The first kappa shape index (κ1) is 18.6. The molecule has 0 saturated heterocycles. The van der Waals surface area contributed by atoms with E-state index in [1.54, 1.807) is 10.7 Å². The zero-order valence-corrected chi connectivity index (χ0v) is 16.2. The molecule has 0 radical (unpaired) electrons. The maximum Gasteiger partial charge on any atom is 0.274 e. The van der Waals surface area contributed by atoms with Crippen molar-refractivity contribution in [2.24, 2.45) is 0 Å². The number of amides is 1. The number of hydrogen-bond acceptors (Lipinski definition) is 2. The predicted molar refractivity (Wildman–Crippen MR) is 113 cm³/mol. The van der Waals surface area contributed by atoms with E-state index in [0.29, 0.717) is 17.1 Å². The Balaban J connectivity index is 1.80. The highest BCUT2D eigenvalue weighted by Crippen LogP contribution is 2.24. The highest BCUT2D eigenvalue weighted by molar-refractivity contribution is 6.04. The number of hydrogen-bond donors (Lipinski definition) is 1.